The molecular formula is C19H19Cl2NO3. The van der Waals surface area contributed by atoms with Crippen molar-refractivity contribution in [3.63, 3.8) is 0 Å². The van der Waals surface area contributed by atoms with E-state index in [2.05, 4.69) is 0 Å². The zero-order valence-electron chi connectivity index (χ0n) is 13.7. The Morgan fingerprint density at radius 3 is 2.40 bits per heavy atom. The minimum absolute atomic E-state index is 0.0660. The number of carbonyl (C=O) groups excluding carboxylic acids is 1. The van der Waals surface area contributed by atoms with Crippen LogP contribution in [0.25, 0.3) is 0 Å². The van der Waals surface area contributed by atoms with Crippen LogP contribution >= 0.6 is 23.2 Å². The Bertz CT molecular complexity index is 704. The Morgan fingerprint density at radius 2 is 1.72 bits per heavy atom. The predicted octanol–water partition coefficient (Wildman–Crippen LogP) is 4.36. The lowest BCUT2D eigenvalue weighted by atomic mass is 10.1. The second-order valence-corrected chi connectivity index (χ2v) is 6.68. The molecule has 3 rings (SSSR count). The van der Waals surface area contributed by atoms with Gasteiger partial charge in [-0.25, -0.2) is 0 Å². The standard InChI is InChI=1S/C19H19Cl2NO3/c20-15-3-1-14(2-4-15)18-13-22(10-12-25-18)19(23)9-11-24-17-7-5-16(21)6-8-17/h1-8,18H,9-13H2. The topological polar surface area (TPSA) is 38.8 Å². The molecule has 0 spiro atoms. The van der Waals surface area contributed by atoms with Crippen LogP contribution in [0.5, 0.6) is 5.75 Å². The van der Waals surface area contributed by atoms with Crippen LogP contribution in [-0.4, -0.2) is 37.1 Å². The third-order valence-electron chi connectivity index (χ3n) is 4.06. The third-order valence-corrected chi connectivity index (χ3v) is 4.56. The van der Waals surface area contributed by atoms with Crippen molar-refractivity contribution in [3.8, 4) is 5.75 Å². The van der Waals surface area contributed by atoms with Gasteiger partial charge in [-0.1, -0.05) is 35.3 Å². The first-order chi connectivity index (χ1) is 12.1. The van der Waals surface area contributed by atoms with Crippen LogP contribution in [0.2, 0.25) is 10.0 Å². The van der Waals surface area contributed by atoms with Crippen molar-refractivity contribution < 1.29 is 14.3 Å². The van der Waals surface area contributed by atoms with E-state index in [1.807, 2.05) is 29.2 Å². The minimum atomic E-state index is -0.118. The maximum Gasteiger partial charge on any atom is 0.226 e. The van der Waals surface area contributed by atoms with Crippen molar-refractivity contribution in [2.75, 3.05) is 26.3 Å². The molecule has 132 valence electrons. The van der Waals surface area contributed by atoms with Gasteiger partial charge in [-0.15, -0.1) is 0 Å². The number of nitrogens with zero attached hydrogens (tertiary/aromatic N) is 1. The molecule has 0 N–H and O–H groups in total. The molecule has 1 heterocycles. The smallest absolute Gasteiger partial charge is 0.226 e. The monoisotopic (exact) mass is 379 g/mol. The SMILES string of the molecule is O=C(CCOc1ccc(Cl)cc1)N1CCOC(c2ccc(Cl)cc2)C1. The van der Waals surface area contributed by atoms with Gasteiger partial charge >= 0.3 is 0 Å². The van der Waals surface area contributed by atoms with E-state index in [1.54, 1.807) is 24.3 Å². The molecule has 0 saturated carbocycles. The first-order valence-corrected chi connectivity index (χ1v) is 8.90. The van der Waals surface area contributed by atoms with Crippen LogP contribution in [0.1, 0.15) is 18.1 Å². The Labute approximate surface area is 157 Å². The van der Waals surface area contributed by atoms with Crippen LogP contribution in [-0.2, 0) is 9.53 Å². The van der Waals surface area contributed by atoms with Crippen LogP contribution in [0.15, 0.2) is 48.5 Å². The molecule has 1 fully saturated rings. The second-order valence-electron chi connectivity index (χ2n) is 5.80. The summed E-state index contributed by atoms with van der Waals surface area (Å²) in [6, 6.07) is 14.6. The van der Waals surface area contributed by atoms with E-state index in [-0.39, 0.29) is 12.0 Å². The fraction of sp³-hybridized carbons (Fsp3) is 0.316. The predicted molar refractivity (Wildman–Crippen MR) is 98.3 cm³/mol. The highest BCUT2D eigenvalue weighted by atomic mass is 35.5. The molecule has 0 aromatic heterocycles. The van der Waals surface area contributed by atoms with Gasteiger partial charge < -0.3 is 14.4 Å². The summed E-state index contributed by atoms with van der Waals surface area (Å²) in [5.74, 6) is 0.773. The van der Waals surface area contributed by atoms with Gasteiger partial charge in [0.25, 0.3) is 0 Å². The maximum atomic E-state index is 12.4. The molecular weight excluding hydrogens is 361 g/mol. The molecule has 2 aromatic carbocycles. The maximum absolute atomic E-state index is 12.4. The van der Waals surface area contributed by atoms with Gasteiger partial charge in [0.2, 0.25) is 5.91 Å². The van der Waals surface area contributed by atoms with Gasteiger partial charge in [0.05, 0.1) is 26.2 Å². The average Bonchev–Trinajstić information content (AvgIpc) is 2.64. The highest BCUT2D eigenvalue weighted by molar-refractivity contribution is 6.30. The fourth-order valence-corrected chi connectivity index (χ4v) is 2.95. The summed E-state index contributed by atoms with van der Waals surface area (Å²) in [4.78, 5) is 14.2. The summed E-state index contributed by atoms with van der Waals surface area (Å²) >= 11 is 11.8. The van der Waals surface area contributed by atoms with Crippen LogP contribution in [0.3, 0.4) is 0 Å². The number of rotatable bonds is 5. The van der Waals surface area contributed by atoms with Gasteiger partial charge in [0.15, 0.2) is 0 Å². The summed E-state index contributed by atoms with van der Waals surface area (Å²) in [6.07, 6.45) is 0.211. The molecule has 1 aliphatic heterocycles. The van der Waals surface area contributed by atoms with Gasteiger partial charge in [-0.2, -0.15) is 0 Å². The Kier molecular flexibility index (Phi) is 6.19. The van der Waals surface area contributed by atoms with E-state index in [0.717, 1.165) is 5.56 Å². The van der Waals surface area contributed by atoms with E-state index in [1.165, 1.54) is 0 Å². The van der Waals surface area contributed by atoms with E-state index >= 15 is 0 Å². The number of carbonyl (C=O) groups is 1. The summed E-state index contributed by atoms with van der Waals surface area (Å²) in [5, 5.41) is 1.34. The highest BCUT2D eigenvalue weighted by Gasteiger charge is 2.25. The van der Waals surface area contributed by atoms with Crippen LogP contribution < -0.4 is 4.74 Å². The van der Waals surface area contributed by atoms with E-state index in [4.69, 9.17) is 32.7 Å². The zero-order chi connectivity index (χ0) is 17.6. The van der Waals surface area contributed by atoms with Crippen LogP contribution in [0.4, 0.5) is 0 Å². The number of benzene rings is 2. The molecule has 2 aromatic rings. The summed E-state index contributed by atoms with van der Waals surface area (Å²) in [5.41, 5.74) is 1.03. The molecule has 1 saturated heterocycles. The zero-order valence-corrected chi connectivity index (χ0v) is 15.2. The van der Waals surface area contributed by atoms with E-state index < -0.39 is 0 Å². The van der Waals surface area contributed by atoms with E-state index in [9.17, 15) is 4.79 Å². The van der Waals surface area contributed by atoms with Gasteiger partial charge in [0.1, 0.15) is 11.9 Å². The van der Waals surface area contributed by atoms with Gasteiger partial charge in [0, 0.05) is 16.6 Å². The summed E-state index contributed by atoms with van der Waals surface area (Å²) < 4.78 is 11.4. The molecule has 4 nitrogen and oxygen atoms in total. The quantitative estimate of drug-likeness (QED) is 0.774. The molecule has 1 amide bonds. The molecule has 1 atom stereocenters. The van der Waals surface area contributed by atoms with Crippen molar-refractivity contribution in [2.45, 2.75) is 12.5 Å². The lowest BCUT2D eigenvalue weighted by Gasteiger charge is -2.33. The number of amides is 1. The van der Waals surface area contributed by atoms with E-state index in [0.29, 0.717) is 48.5 Å². The fourth-order valence-electron chi connectivity index (χ4n) is 2.70. The number of ether oxygens (including phenoxy) is 2. The third kappa shape index (κ3) is 5.11. The average molecular weight is 380 g/mol. The number of morpholine rings is 1. The van der Waals surface area contributed by atoms with Crippen molar-refractivity contribution >= 4 is 29.1 Å². The number of hydrogen-bond acceptors (Lipinski definition) is 3. The first kappa shape index (κ1) is 18.1. The minimum Gasteiger partial charge on any atom is -0.493 e. The van der Waals surface area contributed by atoms with Crippen LogP contribution in [0, 0.1) is 0 Å². The summed E-state index contributed by atoms with van der Waals surface area (Å²) in [7, 11) is 0. The number of halogens is 2. The lowest BCUT2D eigenvalue weighted by molar-refractivity contribution is -0.139. The highest BCUT2D eigenvalue weighted by Crippen LogP contribution is 2.24. The second kappa shape index (κ2) is 8.56. The van der Waals surface area contributed by atoms with Crippen molar-refractivity contribution in [3.05, 3.63) is 64.1 Å². The molecule has 0 bridgehead atoms. The van der Waals surface area contributed by atoms with Crippen molar-refractivity contribution in [2.24, 2.45) is 0 Å². The molecule has 1 unspecified atom stereocenters. The molecule has 1 aliphatic rings. The molecule has 6 heteroatoms. The normalized spacial score (nSPS) is 17.4. The lowest BCUT2D eigenvalue weighted by Crippen LogP contribution is -2.42. The molecule has 0 aliphatic carbocycles. The first-order valence-electron chi connectivity index (χ1n) is 8.15. The molecule has 25 heavy (non-hydrogen) atoms. The van der Waals surface area contributed by atoms with Crippen molar-refractivity contribution in [1.82, 2.24) is 4.90 Å². The Balaban J connectivity index is 1.49. The van der Waals surface area contributed by atoms with Gasteiger partial charge in [-0.05, 0) is 42.0 Å². The largest absolute Gasteiger partial charge is 0.493 e. The Hall–Kier alpha value is -1.75. The number of hydrogen-bond donors (Lipinski definition) is 0. The Morgan fingerprint density at radius 1 is 1.08 bits per heavy atom. The van der Waals surface area contributed by atoms with Crippen molar-refractivity contribution in [1.29, 1.82) is 0 Å². The summed E-state index contributed by atoms with van der Waals surface area (Å²) in [6.45, 7) is 2.01. The molecule has 0 radical (unpaired) electrons. The van der Waals surface area contributed by atoms with Gasteiger partial charge in [-0.3, -0.25) is 4.79 Å².